The summed E-state index contributed by atoms with van der Waals surface area (Å²) in [5.74, 6) is -2.93. The summed E-state index contributed by atoms with van der Waals surface area (Å²) in [7, 11) is -4.17. The molecule has 12 heteroatoms. The van der Waals surface area contributed by atoms with Crippen molar-refractivity contribution in [1.82, 2.24) is 9.21 Å². The number of sulfonamides is 1. The molecule has 5 aliphatic rings. The van der Waals surface area contributed by atoms with Crippen molar-refractivity contribution in [3.8, 4) is 0 Å². The van der Waals surface area contributed by atoms with Gasteiger partial charge < -0.3 is 5.11 Å². The van der Waals surface area contributed by atoms with Gasteiger partial charge in [-0.1, -0.05) is 26.2 Å². The lowest BCUT2D eigenvalue weighted by atomic mass is 9.60. The highest BCUT2D eigenvalue weighted by Crippen LogP contribution is 2.52. The lowest BCUT2D eigenvalue weighted by molar-refractivity contribution is -0.203. The Kier molecular flexibility index (Phi) is 9.88. The summed E-state index contributed by atoms with van der Waals surface area (Å²) >= 11 is 0. The summed E-state index contributed by atoms with van der Waals surface area (Å²) in [5.41, 5.74) is 0. The van der Waals surface area contributed by atoms with Crippen LogP contribution >= 0.6 is 0 Å². The van der Waals surface area contributed by atoms with Crippen LogP contribution in [0.25, 0.3) is 0 Å². The zero-order valence-corrected chi connectivity index (χ0v) is 25.4. The zero-order chi connectivity index (χ0) is 30.4. The molecule has 3 aliphatic carbocycles. The molecule has 3 saturated carbocycles. The number of aliphatic hydroxyl groups excluding tert-OH is 1. The van der Waals surface area contributed by atoms with E-state index in [9.17, 15) is 39.9 Å². The predicted octanol–water partition coefficient (Wildman–Crippen LogP) is 6.62. The van der Waals surface area contributed by atoms with E-state index in [1.54, 1.807) is 6.92 Å². The number of hydrogen-bond donors (Lipinski definition) is 1. The fourth-order valence-corrected chi connectivity index (χ4v) is 12.2. The largest absolute Gasteiger partial charge is 0.395 e. The summed E-state index contributed by atoms with van der Waals surface area (Å²) < 4.78 is 111. The minimum absolute atomic E-state index is 0.0267. The van der Waals surface area contributed by atoms with Crippen molar-refractivity contribution < 1.29 is 39.9 Å². The molecule has 5 rings (SSSR count). The lowest BCUT2D eigenvalue weighted by Crippen LogP contribution is -2.71. The summed E-state index contributed by atoms with van der Waals surface area (Å²) in [6.07, 6.45) is -1.73. The number of fused-ring (bicyclic) bond motifs is 1. The molecule has 2 saturated heterocycles. The molecule has 0 bridgehead atoms. The van der Waals surface area contributed by atoms with Crippen LogP contribution in [0.2, 0.25) is 0 Å². The van der Waals surface area contributed by atoms with Crippen LogP contribution < -0.4 is 0 Å². The van der Waals surface area contributed by atoms with Gasteiger partial charge in [-0.05, 0) is 100 Å². The fraction of sp³-hybridized carbons (Fsp3) is 1.00. The Morgan fingerprint density at radius 2 is 1.33 bits per heavy atom. The third-order valence-corrected chi connectivity index (χ3v) is 14.4. The van der Waals surface area contributed by atoms with E-state index in [4.69, 9.17) is 0 Å². The molecule has 6 unspecified atom stereocenters. The first-order chi connectivity index (χ1) is 19.7. The van der Waals surface area contributed by atoms with Crippen molar-refractivity contribution >= 4 is 10.0 Å². The maximum absolute atomic E-state index is 13.9. The highest BCUT2D eigenvalue weighted by molar-refractivity contribution is 7.89. The summed E-state index contributed by atoms with van der Waals surface area (Å²) in [6.45, 7) is 2.80. The van der Waals surface area contributed by atoms with Gasteiger partial charge >= 0.3 is 12.4 Å². The Hall–Kier alpha value is -0.590. The normalized spacial score (nSPS) is 41.8. The van der Waals surface area contributed by atoms with E-state index in [1.165, 1.54) is 4.31 Å². The Bertz CT molecular complexity index is 1020. The smallest absolute Gasteiger partial charge is 0.393 e. The van der Waals surface area contributed by atoms with Gasteiger partial charge in [-0.3, -0.25) is 4.90 Å². The van der Waals surface area contributed by atoms with Gasteiger partial charge in [0.2, 0.25) is 10.0 Å². The molecule has 0 aromatic carbocycles. The third-order valence-electron chi connectivity index (χ3n) is 12.0. The standard InChI is InChI=1S/C30H48F6N2O3S/c1-19-22(7-6-9-23(19)29(31,32)33)20-11-13-21(14-12-20)28-25-17-37(15-4-5-16-38(25)26(28)18-39)42(40,41)27-10-3-2-8-24(27)30(34,35)36/h19-28,39H,2-18H2,1H3/t19?,20?,21?,22?,23?,24?,25?,26-,27?,28+/m1/s1. The van der Waals surface area contributed by atoms with E-state index in [-0.39, 0.29) is 74.7 Å². The van der Waals surface area contributed by atoms with Crippen LogP contribution in [0, 0.1) is 41.4 Å². The second kappa shape index (κ2) is 12.7. The Morgan fingerprint density at radius 3 is 1.98 bits per heavy atom. The minimum Gasteiger partial charge on any atom is -0.395 e. The van der Waals surface area contributed by atoms with Crippen molar-refractivity contribution in [2.24, 2.45) is 41.4 Å². The summed E-state index contributed by atoms with van der Waals surface area (Å²) in [4.78, 5) is 2.16. The molecule has 0 aromatic heterocycles. The monoisotopic (exact) mass is 630 g/mol. The number of rotatable bonds is 5. The Labute approximate surface area is 246 Å². The van der Waals surface area contributed by atoms with E-state index < -0.39 is 45.4 Å². The van der Waals surface area contributed by atoms with Crippen molar-refractivity contribution in [3.05, 3.63) is 0 Å². The maximum Gasteiger partial charge on any atom is 0.393 e. The van der Waals surface area contributed by atoms with E-state index in [2.05, 4.69) is 4.90 Å². The number of halogens is 6. The number of hydrogen-bond acceptors (Lipinski definition) is 4. The summed E-state index contributed by atoms with van der Waals surface area (Å²) in [6, 6.07) is -0.269. The van der Waals surface area contributed by atoms with Crippen molar-refractivity contribution in [2.75, 3.05) is 26.2 Å². The maximum atomic E-state index is 13.9. The first kappa shape index (κ1) is 32.8. The molecule has 2 aliphatic heterocycles. The van der Waals surface area contributed by atoms with Gasteiger partial charge in [0.1, 0.15) is 0 Å². The van der Waals surface area contributed by atoms with E-state index in [0.29, 0.717) is 32.1 Å². The van der Waals surface area contributed by atoms with Crippen LogP contribution in [-0.4, -0.2) is 78.7 Å². The molecule has 2 heterocycles. The number of alkyl halides is 6. The third kappa shape index (κ3) is 6.39. The molecule has 1 N–H and O–H groups in total. The van der Waals surface area contributed by atoms with Gasteiger partial charge in [-0.2, -0.15) is 26.3 Å². The molecule has 5 fully saturated rings. The van der Waals surface area contributed by atoms with Gasteiger partial charge in [0.15, 0.2) is 0 Å². The van der Waals surface area contributed by atoms with Crippen molar-refractivity contribution in [1.29, 1.82) is 0 Å². The Morgan fingerprint density at radius 1 is 0.738 bits per heavy atom. The molecule has 0 aromatic rings. The average Bonchev–Trinajstić information content (AvgIpc) is 2.91. The van der Waals surface area contributed by atoms with Crippen molar-refractivity contribution in [3.63, 3.8) is 0 Å². The van der Waals surface area contributed by atoms with Crippen LogP contribution in [0.5, 0.6) is 0 Å². The molecule has 42 heavy (non-hydrogen) atoms. The van der Waals surface area contributed by atoms with E-state index in [0.717, 1.165) is 38.6 Å². The number of aliphatic hydroxyl groups is 1. The zero-order valence-electron chi connectivity index (χ0n) is 24.6. The van der Waals surface area contributed by atoms with Gasteiger partial charge in [-0.25, -0.2) is 12.7 Å². The molecule has 0 radical (unpaired) electrons. The molecule has 0 amide bonds. The van der Waals surface area contributed by atoms with Crippen LogP contribution in [0.15, 0.2) is 0 Å². The minimum atomic E-state index is -4.55. The first-order valence-corrected chi connectivity index (χ1v) is 17.7. The molecule has 8 atom stereocenters. The van der Waals surface area contributed by atoms with Crippen molar-refractivity contribution in [2.45, 2.75) is 120 Å². The summed E-state index contributed by atoms with van der Waals surface area (Å²) in [5, 5.41) is 8.89. The highest BCUT2D eigenvalue weighted by Gasteiger charge is 2.56. The van der Waals surface area contributed by atoms with Gasteiger partial charge in [-0.15, -0.1) is 0 Å². The topological polar surface area (TPSA) is 60.9 Å². The van der Waals surface area contributed by atoms with Crippen LogP contribution in [0.4, 0.5) is 26.3 Å². The molecule has 244 valence electrons. The van der Waals surface area contributed by atoms with Crippen LogP contribution in [0.1, 0.15) is 90.4 Å². The van der Waals surface area contributed by atoms with Gasteiger partial charge in [0, 0.05) is 25.2 Å². The van der Waals surface area contributed by atoms with Gasteiger partial charge in [0.25, 0.3) is 0 Å². The first-order valence-electron chi connectivity index (χ1n) is 16.2. The number of nitrogens with zero attached hydrogens (tertiary/aromatic N) is 2. The molecular weight excluding hydrogens is 582 g/mol. The SMILES string of the molecule is CC1C(C2CCC([C@H]3C4CN(S(=O)(=O)C5CCCCC5C(F)(F)F)CCCCN4[C@@H]3CO)CC2)CCCC1C(F)(F)F. The molecule has 5 nitrogen and oxygen atoms in total. The second-order valence-corrected chi connectivity index (χ2v) is 16.1. The molecular formula is C30H48F6N2O3S. The average molecular weight is 631 g/mol. The highest BCUT2D eigenvalue weighted by atomic mass is 32.2. The second-order valence-electron chi connectivity index (χ2n) is 14.0. The lowest BCUT2D eigenvalue weighted by Gasteiger charge is -2.60. The fourth-order valence-electron chi connectivity index (χ4n) is 9.87. The quantitative estimate of drug-likeness (QED) is 0.347. The van der Waals surface area contributed by atoms with Crippen LogP contribution in [0.3, 0.4) is 0 Å². The van der Waals surface area contributed by atoms with Crippen LogP contribution in [-0.2, 0) is 10.0 Å². The van der Waals surface area contributed by atoms with E-state index >= 15 is 0 Å². The van der Waals surface area contributed by atoms with E-state index in [1.807, 2.05) is 0 Å². The molecule has 0 spiro atoms. The van der Waals surface area contributed by atoms with Gasteiger partial charge in [0.05, 0.1) is 23.7 Å². The predicted molar refractivity (Wildman–Crippen MR) is 148 cm³/mol. The Balaban J connectivity index is 1.28.